The lowest BCUT2D eigenvalue weighted by Gasteiger charge is -2.23. The molecule has 2 heteroatoms. The van der Waals surface area contributed by atoms with Gasteiger partial charge in [-0.2, -0.15) is 0 Å². The lowest BCUT2D eigenvalue weighted by atomic mass is 10.0. The summed E-state index contributed by atoms with van der Waals surface area (Å²) in [5.41, 5.74) is -0.351. The van der Waals surface area contributed by atoms with Crippen molar-refractivity contribution in [2.24, 2.45) is 23.7 Å². The fourth-order valence-electron chi connectivity index (χ4n) is 5.12. The fraction of sp³-hybridized carbons (Fsp3) is 1.00. The lowest BCUT2D eigenvalue weighted by Crippen LogP contribution is -2.40. The maximum Gasteiger partial charge on any atom is 0.0771 e. The summed E-state index contributed by atoms with van der Waals surface area (Å²) in [5.74, 6) is 4.10. The predicted octanol–water partition coefficient (Wildman–Crippen LogP) is 1.93. The quantitative estimate of drug-likeness (QED) is 0.763. The molecule has 4 atom stereocenters. The maximum atomic E-state index is 10.3. The van der Waals surface area contributed by atoms with Crippen LogP contribution < -0.4 is 5.32 Å². The number of hydrogen-bond donors (Lipinski definition) is 2. The van der Waals surface area contributed by atoms with Gasteiger partial charge in [-0.15, -0.1) is 0 Å². The standard InChI is InChI=1S/C14H23NO/c16-14(5-1-2-6-14)8-15-13-11-9-3-4-10(7-9)12(11)13/h9-13,15-16H,1-8H2. The summed E-state index contributed by atoms with van der Waals surface area (Å²) in [6.07, 6.45) is 9.01. The van der Waals surface area contributed by atoms with Crippen LogP contribution in [0.2, 0.25) is 0 Å². The van der Waals surface area contributed by atoms with Gasteiger partial charge in [0.1, 0.15) is 0 Å². The van der Waals surface area contributed by atoms with Crippen LogP contribution in [-0.4, -0.2) is 23.3 Å². The van der Waals surface area contributed by atoms with Crippen molar-refractivity contribution in [2.45, 2.75) is 56.6 Å². The Labute approximate surface area is 97.8 Å². The molecule has 4 aliphatic rings. The molecule has 0 radical (unpaired) electrons. The molecule has 2 bridgehead atoms. The number of nitrogens with one attached hydrogen (secondary N) is 1. The van der Waals surface area contributed by atoms with Gasteiger partial charge in [-0.1, -0.05) is 12.8 Å². The summed E-state index contributed by atoms with van der Waals surface area (Å²) < 4.78 is 0. The number of rotatable bonds is 3. The third-order valence-corrected chi connectivity index (χ3v) is 5.94. The molecule has 0 aromatic rings. The molecule has 0 aliphatic heterocycles. The summed E-state index contributed by atoms with van der Waals surface area (Å²) in [6, 6.07) is 0.788. The van der Waals surface area contributed by atoms with Crippen molar-refractivity contribution in [3.8, 4) is 0 Å². The Bertz CT molecular complexity index is 281. The molecular formula is C14H23NO. The van der Waals surface area contributed by atoms with Crippen LogP contribution >= 0.6 is 0 Å². The summed E-state index contributed by atoms with van der Waals surface area (Å²) in [7, 11) is 0. The van der Waals surface area contributed by atoms with Gasteiger partial charge in [-0.25, -0.2) is 0 Å². The predicted molar refractivity (Wildman–Crippen MR) is 63.0 cm³/mol. The third kappa shape index (κ3) is 1.32. The highest BCUT2D eigenvalue weighted by Gasteiger charge is 2.64. The van der Waals surface area contributed by atoms with E-state index in [9.17, 15) is 5.11 Å². The van der Waals surface area contributed by atoms with Crippen LogP contribution in [0.5, 0.6) is 0 Å². The van der Waals surface area contributed by atoms with Gasteiger partial charge in [-0.05, 0) is 55.8 Å². The Hall–Kier alpha value is -0.0800. The maximum absolute atomic E-state index is 10.3. The van der Waals surface area contributed by atoms with Crippen molar-refractivity contribution >= 4 is 0 Å². The molecule has 0 saturated heterocycles. The van der Waals surface area contributed by atoms with Gasteiger partial charge < -0.3 is 10.4 Å². The Balaban J connectivity index is 1.34. The topological polar surface area (TPSA) is 32.3 Å². The molecule has 4 rings (SSSR count). The van der Waals surface area contributed by atoms with Gasteiger partial charge >= 0.3 is 0 Å². The van der Waals surface area contributed by atoms with Crippen molar-refractivity contribution in [1.29, 1.82) is 0 Å². The van der Waals surface area contributed by atoms with Crippen molar-refractivity contribution in [1.82, 2.24) is 5.32 Å². The van der Waals surface area contributed by atoms with Crippen LogP contribution in [0.1, 0.15) is 44.9 Å². The molecule has 4 fully saturated rings. The van der Waals surface area contributed by atoms with Crippen LogP contribution in [0, 0.1) is 23.7 Å². The Morgan fingerprint density at radius 3 is 2.31 bits per heavy atom. The number of hydrogen-bond acceptors (Lipinski definition) is 2. The molecule has 90 valence electrons. The van der Waals surface area contributed by atoms with Crippen LogP contribution in [0.4, 0.5) is 0 Å². The Morgan fingerprint density at radius 2 is 1.69 bits per heavy atom. The van der Waals surface area contributed by atoms with Gasteiger partial charge in [0.25, 0.3) is 0 Å². The average Bonchev–Trinajstić information content (AvgIpc) is 2.70. The second-order valence-corrected chi connectivity index (χ2v) is 6.83. The lowest BCUT2D eigenvalue weighted by molar-refractivity contribution is 0.0462. The van der Waals surface area contributed by atoms with Crippen LogP contribution in [-0.2, 0) is 0 Å². The fourth-order valence-corrected chi connectivity index (χ4v) is 5.12. The van der Waals surface area contributed by atoms with Crippen molar-refractivity contribution in [3.63, 3.8) is 0 Å². The molecule has 4 unspecified atom stereocenters. The highest BCUT2D eigenvalue weighted by atomic mass is 16.3. The molecule has 0 heterocycles. The second kappa shape index (κ2) is 3.23. The smallest absolute Gasteiger partial charge is 0.0771 e. The van der Waals surface area contributed by atoms with Gasteiger partial charge in [0, 0.05) is 12.6 Å². The number of fused-ring (bicyclic) bond motifs is 5. The molecule has 4 aliphatic carbocycles. The Morgan fingerprint density at radius 1 is 1.06 bits per heavy atom. The zero-order valence-electron chi connectivity index (χ0n) is 9.99. The van der Waals surface area contributed by atoms with E-state index in [1.807, 2.05) is 0 Å². The molecule has 0 aromatic heterocycles. The van der Waals surface area contributed by atoms with E-state index in [1.54, 1.807) is 0 Å². The SMILES string of the molecule is OC1(CNC2C3C4CCC(C4)C23)CCCC1. The largest absolute Gasteiger partial charge is 0.389 e. The van der Waals surface area contributed by atoms with E-state index in [0.717, 1.165) is 49.1 Å². The highest BCUT2D eigenvalue weighted by Crippen LogP contribution is 2.65. The molecular weight excluding hydrogens is 198 g/mol. The van der Waals surface area contributed by atoms with E-state index in [1.165, 1.54) is 32.1 Å². The molecule has 2 N–H and O–H groups in total. The minimum atomic E-state index is -0.351. The first-order valence-corrected chi connectivity index (χ1v) is 7.23. The van der Waals surface area contributed by atoms with E-state index >= 15 is 0 Å². The first-order chi connectivity index (χ1) is 7.77. The van der Waals surface area contributed by atoms with Crippen molar-refractivity contribution < 1.29 is 5.11 Å². The van der Waals surface area contributed by atoms with Gasteiger partial charge in [0.15, 0.2) is 0 Å². The van der Waals surface area contributed by atoms with Crippen LogP contribution in [0.25, 0.3) is 0 Å². The minimum absolute atomic E-state index is 0.351. The van der Waals surface area contributed by atoms with Crippen LogP contribution in [0.3, 0.4) is 0 Å². The minimum Gasteiger partial charge on any atom is -0.389 e. The molecule has 0 spiro atoms. The van der Waals surface area contributed by atoms with E-state index in [0.29, 0.717) is 0 Å². The van der Waals surface area contributed by atoms with Crippen molar-refractivity contribution in [2.75, 3.05) is 6.54 Å². The summed E-state index contributed by atoms with van der Waals surface area (Å²) >= 11 is 0. The average molecular weight is 221 g/mol. The zero-order chi connectivity index (χ0) is 10.8. The third-order valence-electron chi connectivity index (χ3n) is 5.94. The summed E-state index contributed by atoms with van der Waals surface area (Å²) in [5, 5.41) is 14.0. The normalized spacial score (nSPS) is 51.9. The van der Waals surface area contributed by atoms with Crippen LogP contribution in [0.15, 0.2) is 0 Å². The first-order valence-electron chi connectivity index (χ1n) is 7.23. The molecule has 0 aromatic carbocycles. The summed E-state index contributed by atoms with van der Waals surface area (Å²) in [6.45, 7) is 0.865. The zero-order valence-corrected chi connectivity index (χ0v) is 9.99. The Kier molecular flexibility index (Phi) is 2.00. The monoisotopic (exact) mass is 221 g/mol. The van der Waals surface area contributed by atoms with Gasteiger partial charge in [-0.3, -0.25) is 0 Å². The van der Waals surface area contributed by atoms with E-state index in [4.69, 9.17) is 0 Å². The second-order valence-electron chi connectivity index (χ2n) is 6.83. The van der Waals surface area contributed by atoms with Gasteiger partial charge in [0.2, 0.25) is 0 Å². The summed E-state index contributed by atoms with van der Waals surface area (Å²) in [4.78, 5) is 0. The highest BCUT2D eigenvalue weighted by molar-refractivity contribution is 5.17. The molecule has 4 saturated carbocycles. The van der Waals surface area contributed by atoms with E-state index < -0.39 is 0 Å². The van der Waals surface area contributed by atoms with E-state index in [-0.39, 0.29) is 5.60 Å². The van der Waals surface area contributed by atoms with Gasteiger partial charge in [0.05, 0.1) is 5.60 Å². The molecule has 0 amide bonds. The first kappa shape index (κ1) is 9.90. The van der Waals surface area contributed by atoms with Crippen molar-refractivity contribution in [3.05, 3.63) is 0 Å². The number of aliphatic hydroxyl groups is 1. The molecule has 2 nitrogen and oxygen atoms in total. The molecule has 16 heavy (non-hydrogen) atoms. The van der Waals surface area contributed by atoms with E-state index in [2.05, 4.69) is 5.32 Å².